The first-order chi connectivity index (χ1) is 15.4. The molecule has 4 aliphatic heterocycles. The highest BCUT2D eigenvalue weighted by Gasteiger charge is 2.79. The number of nitrogens with zero attached hydrogens (tertiary/aromatic N) is 2. The van der Waals surface area contributed by atoms with Gasteiger partial charge < -0.3 is 9.80 Å². The summed E-state index contributed by atoms with van der Waals surface area (Å²) in [6.07, 6.45) is 1.80. The van der Waals surface area contributed by atoms with E-state index in [-0.39, 0.29) is 23.8 Å². The molecule has 0 aliphatic carbocycles. The van der Waals surface area contributed by atoms with E-state index in [1.807, 2.05) is 44.2 Å². The molecule has 1 spiro atoms. The van der Waals surface area contributed by atoms with Crippen LogP contribution in [-0.4, -0.2) is 36.9 Å². The van der Waals surface area contributed by atoms with Crippen molar-refractivity contribution >= 4 is 40.7 Å². The Kier molecular flexibility index (Phi) is 4.15. The van der Waals surface area contributed by atoms with E-state index in [0.29, 0.717) is 17.3 Å². The third-order valence-electron chi connectivity index (χ3n) is 8.10. The Balaban J connectivity index is 1.58. The summed E-state index contributed by atoms with van der Waals surface area (Å²) in [5.41, 5.74) is 2.08. The van der Waals surface area contributed by atoms with Gasteiger partial charge in [0.05, 0.1) is 17.9 Å². The minimum atomic E-state index is -1.04. The standard InChI is InChI=1S/C25H24ClN3O3/c1-3-27-17-8-5-4-7-16(17)25(24(27)32)21-20(18-9-6-12-28(18)25)22(30)29(23(21)31)19-13-15(26)11-10-14(19)2/h4-5,7-8,10-11,13,18,20-21H,3,6,9,12H2,1-2H3/p+1/t18-,20+,21-,25-/m0/s1. The molecule has 7 heteroatoms. The molecule has 6 rings (SSSR count). The average molecular weight is 451 g/mol. The highest BCUT2D eigenvalue weighted by Crippen LogP contribution is 2.54. The number of benzene rings is 2. The zero-order valence-electron chi connectivity index (χ0n) is 18.1. The zero-order chi connectivity index (χ0) is 22.4. The van der Waals surface area contributed by atoms with E-state index in [0.717, 1.165) is 41.1 Å². The molecule has 0 bridgehead atoms. The summed E-state index contributed by atoms with van der Waals surface area (Å²) in [5, 5.41) is 0.477. The van der Waals surface area contributed by atoms with Gasteiger partial charge in [0, 0.05) is 30.0 Å². The van der Waals surface area contributed by atoms with Crippen LogP contribution in [0.1, 0.15) is 30.9 Å². The maximum Gasteiger partial charge on any atom is 0.294 e. The van der Waals surface area contributed by atoms with Gasteiger partial charge in [-0.25, -0.2) is 4.90 Å². The van der Waals surface area contributed by atoms with E-state index in [2.05, 4.69) is 0 Å². The lowest BCUT2D eigenvalue weighted by Crippen LogP contribution is -3.20. The van der Waals surface area contributed by atoms with Gasteiger partial charge in [0.25, 0.3) is 5.91 Å². The molecule has 32 heavy (non-hydrogen) atoms. The van der Waals surface area contributed by atoms with Gasteiger partial charge in [0.2, 0.25) is 17.4 Å². The quantitative estimate of drug-likeness (QED) is 0.712. The lowest BCUT2D eigenvalue weighted by Gasteiger charge is -2.34. The first kappa shape index (κ1) is 19.9. The van der Waals surface area contributed by atoms with Gasteiger partial charge in [0.1, 0.15) is 17.9 Å². The summed E-state index contributed by atoms with van der Waals surface area (Å²) < 4.78 is 0. The van der Waals surface area contributed by atoms with Crippen molar-refractivity contribution in [3.8, 4) is 0 Å². The van der Waals surface area contributed by atoms with E-state index in [4.69, 9.17) is 11.6 Å². The predicted molar refractivity (Wildman–Crippen MR) is 121 cm³/mol. The molecule has 4 heterocycles. The number of aryl methyl sites for hydroxylation is 1. The second kappa shape index (κ2) is 6.65. The first-order valence-electron chi connectivity index (χ1n) is 11.3. The number of quaternary nitrogens is 1. The van der Waals surface area contributed by atoms with Crippen LogP contribution >= 0.6 is 11.6 Å². The molecule has 0 saturated carbocycles. The van der Waals surface area contributed by atoms with Crippen LogP contribution in [0.3, 0.4) is 0 Å². The number of fused-ring (bicyclic) bond motifs is 7. The number of imide groups is 1. The van der Waals surface area contributed by atoms with Crippen molar-refractivity contribution in [2.75, 3.05) is 22.9 Å². The number of para-hydroxylation sites is 1. The molecule has 3 saturated heterocycles. The number of nitrogens with one attached hydrogen (secondary N) is 1. The molecule has 3 fully saturated rings. The van der Waals surface area contributed by atoms with Gasteiger partial charge in [-0.15, -0.1) is 0 Å². The minimum Gasteiger partial charge on any atom is -0.315 e. The summed E-state index contributed by atoms with van der Waals surface area (Å²) in [7, 11) is 0. The Morgan fingerprint density at radius 2 is 1.88 bits per heavy atom. The molecule has 1 N–H and O–H groups in total. The topological polar surface area (TPSA) is 62.1 Å². The van der Waals surface area contributed by atoms with E-state index in [1.54, 1.807) is 17.0 Å². The molecule has 0 radical (unpaired) electrons. The molecule has 3 amide bonds. The third-order valence-corrected chi connectivity index (χ3v) is 8.33. The van der Waals surface area contributed by atoms with Crippen LogP contribution in [0.2, 0.25) is 5.02 Å². The fraction of sp³-hybridized carbons (Fsp3) is 0.400. The molecule has 2 aromatic rings. The maximum absolute atomic E-state index is 14.1. The van der Waals surface area contributed by atoms with Crippen LogP contribution in [0, 0.1) is 18.8 Å². The fourth-order valence-electron chi connectivity index (χ4n) is 6.98. The van der Waals surface area contributed by atoms with Crippen molar-refractivity contribution < 1.29 is 19.3 Å². The lowest BCUT2D eigenvalue weighted by atomic mass is 9.75. The van der Waals surface area contributed by atoms with Gasteiger partial charge in [0.15, 0.2) is 0 Å². The minimum absolute atomic E-state index is 0.0326. The second-order valence-corrected chi connectivity index (χ2v) is 9.78. The average Bonchev–Trinajstić information content (AvgIpc) is 3.48. The molecule has 0 aromatic heterocycles. The van der Waals surface area contributed by atoms with Crippen LogP contribution in [0.15, 0.2) is 42.5 Å². The molecule has 164 valence electrons. The van der Waals surface area contributed by atoms with Crippen LogP contribution in [0.5, 0.6) is 0 Å². The molecule has 6 nitrogen and oxygen atoms in total. The number of anilines is 2. The number of rotatable bonds is 2. The summed E-state index contributed by atoms with van der Waals surface area (Å²) in [6, 6.07) is 13.0. The van der Waals surface area contributed by atoms with Crippen molar-refractivity contribution in [2.45, 2.75) is 38.3 Å². The largest absolute Gasteiger partial charge is 0.315 e. The molecule has 2 aromatic carbocycles. The van der Waals surface area contributed by atoms with Gasteiger partial charge >= 0.3 is 0 Å². The van der Waals surface area contributed by atoms with E-state index < -0.39 is 17.4 Å². The number of likely N-dealkylation sites (N-methyl/N-ethyl adjacent to an activating group) is 1. The smallest absolute Gasteiger partial charge is 0.294 e. The Hall–Kier alpha value is -2.70. The van der Waals surface area contributed by atoms with Crippen molar-refractivity contribution in [1.29, 1.82) is 0 Å². The predicted octanol–water partition coefficient (Wildman–Crippen LogP) is 2.08. The lowest BCUT2D eigenvalue weighted by molar-refractivity contribution is -0.948. The highest BCUT2D eigenvalue weighted by molar-refractivity contribution is 6.32. The summed E-state index contributed by atoms with van der Waals surface area (Å²) in [5.74, 6) is -1.69. The maximum atomic E-state index is 14.1. The highest BCUT2D eigenvalue weighted by atomic mass is 35.5. The molecular formula is C25H25ClN3O3+. The SMILES string of the molecule is CCN1C(=O)[C@]2(c3ccccc31)[C@@H]1C(=O)N(c3cc(Cl)ccc3C)C(=O)[C@@H]1[C@@H]1CCC[NH+]12. The van der Waals surface area contributed by atoms with E-state index in [9.17, 15) is 14.4 Å². The number of carbonyl (C=O) groups is 3. The number of hydrogen-bond acceptors (Lipinski definition) is 3. The van der Waals surface area contributed by atoms with E-state index in [1.165, 1.54) is 4.90 Å². The van der Waals surface area contributed by atoms with Gasteiger partial charge in [-0.2, -0.15) is 0 Å². The van der Waals surface area contributed by atoms with Crippen molar-refractivity contribution in [2.24, 2.45) is 11.8 Å². The fourth-order valence-corrected chi connectivity index (χ4v) is 7.14. The second-order valence-electron chi connectivity index (χ2n) is 9.34. The van der Waals surface area contributed by atoms with Gasteiger partial charge in [-0.05, 0) is 37.6 Å². The van der Waals surface area contributed by atoms with Crippen LogP contribution in [-0.2, 0) is 19.9 Å². The summed E-state index contributed by atoms with van der Waals surface area (Å²) in [6.45, 7) is 5.16. The Bertz CT molecular complexity index is 1200. The Morgan fingerprint density at radius 1 is 1.09 bits per heavy atom. The third kappa shape index (κ3) is 2.17. The summed E-state index contributed by atoms with van der Waals surface area (Å²) in [4.78, 5) is 46.3. The number of carbonyl (C=O) groups excluding carboxylic acids is 3. The van der Waals surface area contributed by atoms with Crippen LogP contribution < -0.4 is 14.7 Å². The number of halogens is 1. The Morgan fingerprint density at radius 3 is 2.66 bits per heavy atom. The number of hydrogen-bond donors (Lipinski definition) is 1. The van der Waals surface area contributed by atoms with Crippen molar-refractivity contribution in [1.82, 2.24) is 0 Å². The van der Waals surface area contributed by atoms with Gasteiger partial charge in [-0.1, -0.05) is 35.9 Å². The molecular weight excluding hydrogens is 426 g/mol. The van der Waals surface area contributed by atoms with Crippen molar-refractivity contribution in [3.63, 3.8) is 0 Å². The molecule has 5 atom stereocenters. The van der Waals surface area contributed by atoms with Crippen molar-refractivity contribution in [3.05, 3.63) is 58.6 Å². The Labute approximate surface area is 191 Å². The normalized spacial score (nSPS) is 32.8. The zero-order valence-corrected chi connectivity index (χ0v) is 18.9. The van der Waals surface area contributed by atoms with Crippen LogP contribution in [0.25, 0.3) is 0 Å². The molecule has 1 unspecified atom stereocenters. The summed E-state index contributed by atoms with van der Waals surface area (Å²) >= 11 is 6.23. The monoisotopic (exact) mass is 450 g/mol. The van der Waals surface area contributed by atoms with E-state index >= 15 is 0 Å². The molecule has 4 aliphatic rings. The number of amides is 3. The first-order valence-corrected chi connectivity index (χ1v) is 11.7. The van der Waals surface area contributed by atoms with Crippen LogP contribution in [0.4, 0.5) is 11.4 Å². The van der Waals surface area contributed by atoms with Gasteiger partial charge in [-0.3, -0.25) is 14.4 Å².